The molecule has 0 aromatic heterocycles. The number of amides is 1. The summed E-state index contributed by atoms with van der Waals surface area (Å²) in [5, 5.41) is 11.4. The maximum Gasteiger partial charge on any atom is 0.328 e. The highest BCUT2D eigenvalue weighted by Gasteiger charge is 2.34. The second-order valence-electron chi connectivity index (χ2n) is 4.56. The van der Waals surface area contributed by atoms with E-state index in [4.69, 9.17) is 5.11 Å². The zero-order chi connectivity index (χ0) is 11.6. The van der Waals surface area contributed by atoms with Crippen molar-refractivity contribution in [1.29, 1.82) is 0 Å². The number of likely N-dealkylation sites (N-methyl/N-ethyl adjacent to an activating group) is 1. The molecule has 0 bridgehead atoms. The van der Waals surface area contributed by atoms with Crippen LogP contribution in [0.2, 0.25) is 0 Å². The van der Waals surface area contributed by atoms with Crippen LogP contribution in [0.5, 0.6) is 0 Å². The number of nitrogens with zero attached hydrogens (tertiary/aromatic N) is 1. The van der Waals surface area contributed by atoms with Gasteiger partial charge in [-0.25, -0.2) is 4.79 Å². The zero-order valence-electron chi connectivity index (χ0n) is 9.41. The minimum atomic E-state index is -1.19. The van der Waals surface area contributed by atoms with Gasteiger partial charge in [-0.3, -0.25) is 9.69 Å². The van der Waals surface area contributed by atoms with Crippen molar-refractivity contribution in [2.75, 3.05) is 13.6 Å². The Labute approximate surface area is 89.4 Å². The topological polar surface area (TPSA) is 69.6 Å². The van der Waals surface area contributed by atoms with Gasteiger partial charge in [0.2, 0.25) is 5.91 Å². The molecule has 0 radical (unpaired) electrons. The van der Waals surface area contributed by atoms with Crippen molar-refractivity contribution < 1.29 is 14.7 Å². The molecule has 1 unspecified atom stereocenters. The van der Waals surface area contributed by atoms with Gasteiger partial charge in [0, 0.05) is 0 Å². The number of likely N-dealkylation sites (tertiary alicyclic amines) is 1. The van der Waals surface area contributed by atoms with E-state index in [0.717, 1.165) is 19.4 Å². The molecule has 5 heteroatoms. The fraction of sp³-hybridized carbons (Fsp3) is 0.800. The highest BCUT2D eigenvalue weighted by atomic mass is 16.4. The Kier molecular flexibility index (Phi) is 3.34. The Hall–Kier alpha value is -1.10. The van der Waals surface area contributed by atoms with Crippen LogP contribution < -0.4 is 5.32 Å². The summed E-state index contributed by atoms with van der Waals surface area (Å²) in [5.41, 5.74) is -1.19. The SMILES string of the molecule is CN1CCCC1C(=O)NC(C)(C)C(=O)O. The molecule has 1 amide bonds. The van der Waals surface area contributed by atoms with Gasteiger partial charge < -0.3 is 10.4 Å². The van der Waals surface area contributed by atoms with Crippen molar-refractivity contribution in [3.63, 3.8) is 0 Å². The molecule has 0 spiro atoms. The van der Waals surface area contributed by atoms with Gasteiger partial charge in [0.1, 0.15) is 5.54 Å². The van der Waals surface area contributed by atoms with E-state index in [9.17, 15) is 9.59 Å². The van der Waals surface area contributed by atoms with Crippen molar-refractivity contribution in [3.05, 3.63) is 0 Å². The second-order valence-corrected chi connectivity index (χ2v) is 4.56. The monoisotopic (exact) mass is 214 g/mol. The minimum absolute atomic E-state index is 0.177. The molecule has 1 atom stereocenters. The predicted molar refractivity (Wildman–Crippen MR) is 55.5 cm³/mol. The minimum Gasteiger partial charge on any atom is -0.480 e. The van der Waals surface area contributed by atoms with E-state index in [0.29, 0.717) is 0 Å². The van der Waals surface area contributed by atoms with Crippen molar-refractivity contribution in [1.82, 2.24) is 10.2 Å². The summed E-state index contributed by atoms with van der Waals surface area (Å²) >= 11 is 0. The number of rotatable bonds is 3. The average Bonchev–Trinajstić information content (AvgIpc) is 2.50. The predicted octanol–water partition coefficient (Wildman–Crippen LogP) is 0.0600. The summed E-state index contributed by atoms with van der Waals surface area (Å²) in [4.78, 5) is 24.5. The van der Waals surface area contributed by atoms with Crippen molar-refractivity contribution in [3.8, 4) is 0 Å². The molecule has 0 saturated carbocycles. The molecule has 1 saturated heterocycles. The van der Waals surface area contributed by atoms with Crippen molar-refractivity contribution in [2.45, 2.75) is 38.3 Å². The summed E-state index contributed by atoms with van der Waals surface area (Å²) in [6.45, 7) is 3.87. The molecule has 15 heavy (non-hydrogen) atoms. The van der Waals surface area contributed by atoms with Gasteiger partial charge in [-0.2, -0.15) is 0 Å². The number of carbonyl (C=O) groups excluding carboxylic acids is 1. The lowest BCUT2D eigenvalue weighted by Crippen LogP contribution is -2.54. The molecule has 0 aromatic rings. The Morgan fingerprint density at radius 1 is 1.47 bits per heavy atom. The molecular weight excluding hydrogens is 196 g/mol. The van der Waals surface area contributed by atoms with Crippen LogP contribution in [0.25, 0.3) is 0 Å². The number of hydrogen-bond donors (Lipinski definition) is 2. The average molecular weight is 214 g/mol. The lowest BCUT2D eigenvalue weighted by Gasteiger charge is -2.25. The summed E-state index contributed by atoms with van der Waals surface area (Å²) < 4.78 is 0. The first-order valence-corrected chi connectivity index (χ1v) is 5.10. The number of carboxylic acids is 1. The third-order valence-corrected chi connectivity index (χ3v) is 2.79. The molecular formula is C10H18N2O3. The number of hydrogen-bond acceptors (Lipinski definition) is 3. The van der Waals surface area contributed by atoms with Gasteiger partial charge in [-0.15, -0.1) is 0 Å². The van der Waals surface area contributed by atoms with Gasteiger partial charge in [0.05, 0.1) is 6.04 Å². The number of carbonyl (C=O) groups is 2. The maximum atomic E-state index is 11.8. The van der Waals surface area contributed by atoms with Gasteiger partial charge in [0.15, 0.2) is 0 Å². The van der Waals surface area contributed by atoms with Crippen LogP contribution in [0.3, 0.4) is 0 Å². The van der Waals surface area contributed by atoms with Crippen molar-refractivity contribution in [2.24, 2.45) is 0 Å². The standard InChI is InChI=1S/C10H18N2O3/c1-10(2,9(14)15)11-8(13)7-5-4-6-12(7)3/h7H,4-6H2,1-3H3,(H,11,13)(H,14,15). The lowest BCUT2D eigenvalue weighted by molar-refractivity contribution is -0.146. The number of nitrogens with one attached hydrogen (secondary N) is 1. The summed E-state index contributed by atoms with van der Waals surface area (Å²) in [6.07, 6.45) is 1.79. The van der Waals surface area contributed by atoms with Gasteiger partial charge in [-0.1, -0.05) is 0 Å². The molecule has 1 aliphatic rings. The van der Waals surface area contributed by atoms with Crippen molar-refractivity contribution >= 4 is 11.9 Å². The lowest BCUT2D eigenvalue weighted by atomic mass is 10.1. The van der Waals surface area contributed by atoms with Crippen LogP contribution in [0.15, 0.2) is 0 Å². The van der Waals surface area contributed by atoms with E-state index < -0.39 is 11.5 Å². The van der Waals surface area contributed by atoms with E-state index in [1.54, 1.807) is 0 Å². The smallest absolute Gasteiger partial charge is 0.328 e. The van der Waals surface area contributed by atoms with Crippen LogP contribution in [-0.4, -0.2) is 47.1 Å². The molecule has 86 valence electrons. The molecule has 0 aromatic carbocycles. The molecule has 0 aliphatic carbocycles. The van der Waals surface area contributed by atoms with E-state index in [-0.39, 0.29) is 11.9 Å². The Morgan fingerprint density at radius 3 is 2.47 bits per heavy atom. The molecule has 1 fully saturated rings. The Bertz CT molecular complexity index is 276. The third kappa shape index (κ3) is 2.68. The molecule has 2 N–H and O–H groups in total. The van der Waals surface area contributed by atoms with E-state index in [1.165, 1.54) is 13.8 Å². The second kappa shape index (κ2) is 4.18. The molecule has 1 rings (SSSR count). The first kappa shape index (κ1) is 12.0. The summed E-state index contributed by atoms with van der Waals surface area (Å²) in [7, 11) is 1.88. The third-order valence-electron chi connectivity index (χ3n) is 2.79. The highest BCUT2D eigenvalue weighted by Crippen LogP contribution is 2.15. The van der Waals surface area contributed by atoms with Gasteiger partial charge in [-0.05, 0) is 40.3 Å². The fourth-order valence-corrected chi connectivity index (χ4v) is 1.69. The van der Waals surface area contributed by atoms with Crippen LogP contribution in [-0.2, 0) is 9.59 Å². The van der Waals surface area contributed by atoms with Gasteiger partial charge >= 0.3 is 5.97 Å². The molecule has 5 nitrogen and oxygen atoms in total. The maximum absolute atomic E-state index is 11.8. The van der Waals surface area contributed by atoms with Crippen LogP contribution in [0.4, 0.5) is 0 Å². The van der Waals surface area contributed by atoms with E-state index >= 15 is 0 Å². The Morgan fingerprint density at radius 2 is 2.07 bits per heavy atom. The first-order chi connectivity index (χ1) is 6.84. The van der Waals surface area contributed by atoms with Crippen LogP contribution in [0.1, 0.15) is 26.7 Å². The zero-order valence-corrected chi connectivity index (χ0v) is 9.41. The molecule has 1 heterocycles. The van der Waals surface area contributed by atoms with Gasteiger partial charge in [0.25, 0.3) is 0 Å². The number of carboxylic acid groups (broad SMARTS) is 1. The fourth-order valence-electron chi connectivity index (χ4n) is 1.69. The quantitative estimate of drug-likeness (QED) is 0.697. The molecule has 1 aliphatic heterocycles. The van der Waals surface area contributed by atoms with E-state index in [1.807, 2.05) is 11.9 Å². The first-order valence-electron chi connectivity index (χ1n) is 5.10. The summed E-state index contributed by atoms with van der Waals surface area (Å²) in [5.74, 6) is -1.21. The normalized spacial score (nSPS) is 22.7. The largest absolute Gasteiger partial charge is 0.480 e. The number of aliphatic carboxylic acids is 1. The van der Waals surface area contributed by atoms with E-state index in [2.05, 4.69) is 5.32 Å². The van der Waals surface area contributed by atoms with Crippen LogP contribution >= 0.6 is 0 Å². The Balaban J connectivity index is 2.59. The highest BCUT2D eigenvalue weighted by molar-refractivity contribution is 5.89. The summed E-state index contributed by atoms with van der Waals surface area (Å²) in [6, 6.07) is -0.177. The van der Waals surface area contributed by atoms with Crippen LogP contribution in [0, 0.1) is 0 Å².